The van der Waals surface area contributed by atoms with Crippen molar-refractivity contribution in [3.63, 3.8) is 0 Å². The molecule has 0 atom stereocenters. The number of rotatable bonds is 8. The van der Waals surface area contributed by atoms with Crippen molar-refractivity contribution in [2.24, 2.45) is 0 Å². The first kappa shape index (κ1) is 21.5. The lowest BCUT2D eigenvalue weighted by atomic mass is 10.0. The van der Waals surface area contributed by atoms with Crippen LogP contribution in [0.2, 0.25) is 0 Å². The second kappa shape index (κ2) is 9.43. The maximum atomic E-state index is 12.9. The second-order valence-corrected chi connectivity index (χ2v) is 6.66. The van der Waals surface area contributed by atoms with E-state index in [2.05, 4.69) is 15.6 Å². The van der Waals surface area contributed by atoms with Gasteiger partial charge in [0, 0.05) is 19.3 Å². The van der Waals surface area contributed by atoms with Crippen LogP contribution >= 0.6 is 0 Å². The van der Waals surface area contributed by atoms with Gasteiger partial charge in [-0.15, -0.1) is 0 Å². The van der Waals surface area contributed by atoms with Gasteiger partial charge in [0.25, 0.3) is 5.91 Å². The van der Waals surface area contributed by atoms with Crippen LogP contribution in [-0.4, -0.2) is 30.6 Å². The highest BCUT2D eigenvalue weighted by Crippen LogP contribution is 2.33. The summed E-state index contributed by atoms with van der Waals surface area (Å²) in [5, 5.41) is 5.20. The van der Waals surface area contributed by atoms with Crippen molar-refractivity contribution in [1.82, 2.24) is 10.3 Å². The first-order chi connectivity index (χ1) is 13.2. The topological polar surface area (TPSA) is 63.2 Å². The summed E-state index contributed by atoms with van der Waals surface area (Å²) in [6.07, 6.45) is -3.21. The van der Waals surface area contributed by atoms with Crippen LogP contribution in [-0.2, 0) is 11.0 Å². The summed E-state index contributed by atoms with van der Waals surface area (Å²) in [5.41, 5.74) is 1.19. The molecule has 0 saturated heterocycles. The highest BCUT2D eigenvalue weighted by Gasteiger charge is 2.33. The standard InChI is InChI=1S/C20H24F3N3O2/c1-13(2)15-7-6-14(3)11-17(15)28-12-18(27)24-9-10-26-19-16(20(21,22)23)5-4-8-25-19/h4-8,11,13H,9-10,12H2,1-3H3,(H,24,27)(H,25,26). The molecule has 0 saturated carbocycles. The van der Waals surface area contributed by atoms with E-state index in [1.54, 1.807) is 0 Å². The molecule has 1 aromatic heterocycles. The van der Waals surface area contributed by atoms with E-state index in [0.29, 0.717) is 5.75 Å². The maximum absolute atomic E-state index is 12.9. The van der Waals surface area contributed by atoms with Crippen LogP contribution in [0.4, 0.5) is 19.0 Å². The van der Waals surface area contributed by atoms with Gasteiger partial charge >= 0.3 is 6.18 Å². The number of anilines is 1. The molecule has 28 heavy (non-hydrogen) atoms. The smallest absolute Gasteiger partial charge is 0.419 e. The summed E-state index contributed by atoms with van der Waals surface area (Å²) in [6, 6.07) is 8.02. The lowest BCUT2D eigenvalue weighted by Gasteiger charge is -2.15. The molecule has 0 spiro atoms. The number of amides is 1. The van der Waals surface area contributed by atoms with Gasteiger partial charge in [0.05, 0.1) is 5.56 Å². The predicted molar refractivity (Wildman–Crippen MR) is 102 cm³/mol. The largest absolute Gasteiger partial charge is 0.483 e. The van der Waals surface area contributed by atoms with E-state index < -0.39 is 11.7 Å². The van der Waals surface area contributed by atoms with Gasteiger partial charge in [-0.3, -0.25) is 4.79 Å². The molecule has 0 aliphatic heterocycles. The van der Waals surface area contributed by atoms with E-state index in [-0.39, 0.29) is 37.3 Å². The first-order valence-corrected chi connectivity index (χ1v) is 8.94. The van der Waals surface area contributed by atoms with Crippen molar-refractivity contribution < 1.29 is 22.7 Å². The molecule has 0 aliphatic rings. The Kier molecular flexibility index (Phi) is 7.25. The van der Waals surface area contributed by atoms with E-state index in [9.17, 15) is 18.0 Å². The van der Waals surface area contributed by atoms with Crippen molar-refractivity contribution in [2.75, 3.05) is 25.0 Å². The number of aromatic nitrogens is 1. The van der Waals surface area contributed by atoms with Crippen molar-refractivity contribution in [3.8, 4) is 5.75 Å². The van der Waals surface area contributed by atoms with E-state index in [1.165, 1.54) is 12.3 Å². The number of benzene rings is 1. The van der Waals surface area contributed by atoms with Crippen LogP contribution < -0.4 is 15.4 Å². The number of nitrogens with zero attached hydrogens (tertiary/aromatic N) is 1. The number of ether oxygens (including phenoxy) is 1. The molecule has 0 fully saturated rings. The number of carbonyl (C=O) groups is 1. The number of halogens is 3. The average molecular weight is 395 g/mol. The normalized spacial score (nSPS) is 11.4. The van der Waals surface area contributed by atoms with Gasteiger partial charge in [-0.25, -0.2) is 4.98 Å². The van der Waals surface area contributed by atoms with Gasteiger partial charge in [0.1, 0.15) is 11.6 Å². The molecule has 1 aromatic carbocycles. The number of carbonyl (C=O) groups excluding carboxylic acids is 1. The Morgan fingerprint density at radius 1 is 1.21 bits per heavy atom. The molecule has 0 unspecified atom stereocenters. The van der Waals surface area contributed by atoms with Crippen LogP contribution in [0, 0.1) is 6.92 Å². The zero-order valence-corrected chi connectivity index (χ0v) is 16.1. The molecule has 0 radical (unpaired) electrons. The quantitative estimate of drug-likeness (QED) is 0.660. The van der Waals surface area contributed by atoms with Crippen LogP contribution in [0.25, 0.3) is 0 Å². The van der Waals surface area contributed by atoms with E-state index in [1.807, 2.05) is 39.0 Å². The van der Waals surface area contributed by atoms with E-state index in [4.69, 9.17) is 4.74 Å². The number of alkyl halides is 3. The summed E-state index contributed by atoms with van der Waals surface area (Å²) in [7, 11) is 0. The van der Waals surface area contributed by atoms with Crippen LogP contribution in [0.3, 0.4) is 0 Å². The minimum atomic E-state index is -4.49. The highest BCUT2D eigenvalue weighted by molar-refractivity contribution is 5.77. The zero-order valence-electron chi connectivity index (χ0n) is 16.1. The number of hydrogen-bond donors (Lipinski definition) is 2. The number of pyridine rings is 1. The summed E-state index contributed by atoms with van der Waals surface area (Å²) >= 11 is 0. The van der Waals surface area contributed by atoms with Crippen molar-refractivity contribution in [3.05, 3.63) is 53.2 Å². The van der Waals surface area contributed by atoms with Gasteiger partial charge < -0.3 is 15.4 Å². The molecular formula is C20H24F3N3O2. The Morgan fingerprint density at radius 2 is 1.96 bits per heavy atom. The third-order valence-electron chi connectivity index (χ3n) is 4.00. The lowest BCUT2D eigenvalue weighted by Crippen LogP contribution is -2.33. The highest BCUT2D eigenvalue weighted by atomic mass is 19.4. The fourth-order valence-electron chi connectivity index (χ4n) is 2.60. The fourth-order valence-corrected chi connectivity index (χ4v) is 2.60. The van der Waals surface area contributed by atoms with Crippen molar-refractivity contribution in [2.45, 2.75) is 32.9 Å². The minimum absolute atomic E-state index is 0.105. The minimum Gasteiger partial charge on any atom is -0.483 e. The fraction of sp³-hybridized carbons (Fsp3) is 0.400. The Morgan fingerprint density at radius 3 is 2.64 bits per heavy atom. The van der Waals surface area contributed by atoms with Crippen LogP contribution in [0.5, 0.6) is 5.75 Å². The molecule has 1 heterocycles. The molecule has 2 N–H and O–H groups in total. The number of aryl methyl sites for hydroxylation is 1. The molecule has 8 heteroatoms. The SMILES string of the molecule is Cc1ccc(C(C)C)c(OCC(=O)NCCNc2ncccc2C(F)(F)F)c1. The molecule has 0 bridgehead atoms. The van der Waals surface area contributed by atoms with Crippen molar-refractivity contribution in [1.29, 1.82) is 0 Å². The Bertz CT molecular complexity index is 808. The number of hydrogen-bond acceptors (Lipinski definition) is 4. The predicted octanol–water partition coefficient (Wildman–Crippen LogP) is 4.14. The van der Waals surface area contributed by atoms with E-state index in [0.717, 1.165) is 17.2 Å². The van der Waals surface area contributed by atoms with Gasteiger partial charge in [-0.2, -0.15) is 13.2 Å². The average Bonchev–Trinajstić information content (AvgIpc) is 2.63. The molecule has 2 aromatic rings. The third kappa shape index (κ3) is 6.14. The molecule has 152 valence electrons. The summed E-state index contributed by atoms with van der Waals surface area (Å²) < 4.78 is 44.3. The van der Waals surface area contributed by atoms with Crippen LogP contribution in [0.15, 0.2) is 36.5 Å². The van der Waals surface area contributed by atoms with Crippen molar-refractivity contribution >= 4 is 11.7 Å². The Hall–Kier alpha value is -2.77. The second-order valence-electron chi connectivity index (χ2n) is 6.66. The zero-order chi connectivity index (χ0) is 20.7. The number of nitrogens with one attached hydrogen (secondary N) is 2. The van der Waals surface area contributed by atoms with Gasteiger partial charge in [-0.1, -0.05) is 26.0 Å². The molecule has 0 aliphatic carbocycles. The third-order valence-corrected chi connectivity index (χ3v) is 4.00. The van der Waals surface area contributed by atoms with Gasteiger partial charge in [-0.05, 0) is 42.2 Å². The molecule has 5 nitrogen and oxygen atoms in total. The lowest BCUT2D eigenvalue weighted by molar-refractivity contribution is -0.137. The molecule has 1 amide bonds. The summed E-state index contributed by atoms with van der Waals surface area (Å²) in [6.45, 7) is 6.09. The van der Waals surface area contributed by atoms with Gasteiger partial charge in [0.15, 0.2) is 6.61 Å². The Labute approximate surface area is 162 Å². The Balaban J connectivity index is 1.81. The van der Waals surface area contributed by atoms with Crippen LogP contribution in [0.1, 0.15) is 36.5 Å². The maximum Gasteiger partial charge on any atom is 0.419 e. The van der Waals surface area contributed by atoms with Gasteiger partial charge in [0.2, 0.25) is 0 Å². The first-order valence-electron chi connectivity index (χ1n) is 8.94. The van der Waals surface area contributed by atoms with E-state index >= 15 is 0 Å². The molecular weight excluding hydrogens is 371 g/mol. The molecule has 2 rings (SSSR count). The monoisotopic (exact) mass is 395 g/mol. The summed E-state index contributed by atoms with van der Waals surface area (Å²) in [5.74, 6) is 0.299. The summed E-state index contributed by atoms with van der Waals surface area (Å²) in [4.78, 5) is 15.7.